The Balaban J connectivity index is 2.95. The summed E-state index contributed by atoms with van der Waals surface area (Å²) in [6.07, 6.45) is 2.47. The van der Waals surface area contributed by atoms with Gasteiger partial charge in [0.2, 0.25) is 0 Å². The lowest BCUT2D eigenvalue weighted by Gasteiger charge is -1.93. The molecule has 1 aromatic heterocycles. The van der Waals surface area contributed by atoms with Crippen molar-refractivity contribution in [2.75, 3.05) is 0 Å². The summed E-state index contributed by atoms with van der Waals surface area (Å²) < 4.78 is 0. The van der Waals surface area contributed by atoms with Crippen molar-refractivity contribution in [1.82, 2.24) is 0 Å². The van der Waals surface area contributed by atoms with E-state index in [0.717, 1.165) is 5.56 Å². The number of amides is 1. The van der Waals surface area contributed by atoms with Gasteiger partial charge in [-0.2, -0.15) is 0 Å². The van der Waals surface area contributed by atoms with Crippen LogP contribution in [0.15, 0.2) is 24.1 Å². The van der Waals surface area contributed by atoms with E-state index in [4.69, 9.17) is 5.73 Å². The number of primary amides is 1. The van der Waals surface area contributed by atoms with E-state index in [2.05, 4.69) is 6.58 Å². The molecule has 0 spiro atoms. The van der Waals surface area contributed by atoms with Crippen LogP contribution in [0.3, 0.4) is 0 Å². The number of hydrogen-bond donors (Lipinski definition) is 1. The topological polar surface area (TPSA) is 43.1 Å². The molecule has 0 bridgehead atoms. The Labute approximate surface area is 69.3 Å². The highest BCUT2D eigenvalue weighted by molar-refractivity contribution is 7.12. The molecule has 1 heterocycles. The van der Waals surface area contributed by atoms with Crippen LogP contribution in [0.4, 0.5) is 0 Å². The summed E-state index contributed by atoms with van der Waals surface area (Å²) in [5, 5.41) is 1.86. The molecule has 0 fully saturated rings. The smallest absolute Gasteiger partial charge is 0.259 e. The van der Waals surface area contributed by atoms with Crippen molar-refractivity contribution < 1.29 is 4.79 Å². The number of hydrogen-bond acceptors (Lipinski definition) is 2. The Morgan fingerprint density at radius 2 is 2.55 bits per heavy atom. The van der Waals surface area contributed by atoms with Crippen LogP contribution in [0.2, 0.25) is 0 Å². The van der Waals surface area contributed by atoms with E-state index in [0.29, 0.717) is 11.3 Å². The zero-order valence-electron chi connectivity index (χ0n) is 6.04. The summed E-state index contributed by atoms with van der Waals surface area (Å²) in [6.45, 7) is 3.59. The van der Waals surface area contributed by atoms with Gasteiger partial charge in [-0.15, -0.1) is 17.9 Å². The number of thiophene rings is 1. The first-order valence-electron chi connectivity index (χ1n) is 3.22. The van der Waals surface area contributed by atoms with E-state index < -0.39 is 0 Å². The second kappa shape index (κ2) is 3.34. The molecule has 0 aromatic carbocycles. The molecule has 3 heteroatoms. The lowest BCUT2D eigenvalue weighted by atomic mass is 10.2. The molecular formula is C8H9NOS. The van der Waals surface area contributed by atoms with Gasteiger partial charge in [0.05, 0.1) is 4.88 Å². The van der Waals surface area contributed by atoms with Crippen molar-refractivity contribution in [2.24, 2.45) is 5.73 Å². The van der Waals surface area contributed by atoms with E-state index in [1.54, 1.807) is 6.08 Å². The Morgan fingerprint density at radius 3 is 3.09 bits per heavy atom. The van der Waals surface area contributed by atoms with Crippen LogP contribution in [-0.4, -0.2) is 5.91 Å². The first kappa shape index (κ1) is 8.01. The first-order valence-corrected chi connectivity index (χ1v) is 4.10. The Kier molecular flexibility index (Phi) is 2.44. The summed E-state index contributed by atoms with van der Waals surface area (Å²) in [5.74, 6) is -0.350. The zero-order chi connectivity index (χ0) is 8.27. The van der Waals surface area contributed by atoms with Gasteiger partial charge in [-0.05, 0) is 23.4 Å². The van der Waals surface area contributed by atoms with E-state index in [1.807, 2.05) is 11.4 Å². The number of allylic oxidation sites excluding steroid dienone is 1. The summed E-state index contributed by atoms with van der Waals surface area (Å²) >= 11 is 1.38. The molecule has 1 amide bonds. The number of carbonyl (C=O) groups is 1. The molecule has 0 unspecified atom stereocenters. The quantitative estimate of drug-likeness (QED) is 0.682. The van der Waals surface area contributed by atoms with Crippen LogP contribution in [0.1, 0.15) is 15.2 Å². The Morgan fingerprint density at radius 1 is 1.82 bits per heavy atom. The molecule has 11 heavy (non-hydrogen) atoms. The van der Waals surface area contributed by atoms with Gasteiger partial charge >= 0.3 is 0 Å². The van der Waals surface area contributed by atoms with Gasteiger partial charge in [-0.3, -0.25) is 4.79 Å². The van der Waals surface area contributed by atoms with Gasteiger partial charge in [0.1, 0.15) is 0 Å². The summed E-state index contributed by atoms with van der Waals surface area (Å²) in [5.41, 5.74) is 6.10. The summed E-state index contributed by atoms with van der Waals surface area (Å²) in [7, 11) is 0. The largest absolute Gasteiger partial charge is 0.365 e. The van der Waals surface area contributed by atoms with Gasteiger partial charge in [0.25, 0.3) is 5.91 Å². The first-order chi connectivity index (χ1) is 5.25. The maximum atomic E-state index is 10.8. The van der Waals surface area contributed by atoms with Crippen molar-refractivity contribution in [3.63, 3.8) is 0 Å². The Bertz CT molecular complexity index is 277. The lowest BCUT2D eigenvalue weighted by molar-refractivity contribution is 0.100. The molecule has 0 radical (unpaired) electrons. The number of rotatable bonds is 3. The lowest BCUT2D eigenvalue weighted by Crippen LogP contribution is -2.10. The molecule has 58 valence electrons. The molecule has 1 rings (SSSR count). The van der Waals surface area contributed by atoms with E-state index in [9.17, 15) is 4.79 Å². The van der Waals surface area contributed by atoms with E-state index in [-0.39, 0.29) is 5.91 Å². The normalized spacial score (nSPS) is 9.45. The summed E-state index contributed by atoms with van der Waals surface area (Å²) in [4.78, 5) is 11.4. The molecule has 2 nitrogen and oxygen atoms in total. The van der Waals surface area contributed by atoms with Gasteiger partial charge in [-0.1, -0.05) is 6.08 Å². The molecule has 0 saturated heterocycles. The highest BCUT2D eigenvalue weighted by atomic mass is 32.1. The van der Waals surface area contributed by atoms with Crippen molar-refractivity contribution in [1.29, 1.82) is 0 Å². The van der Waals surface area contributed by atoms with Crippen molar-refractivity contribution in [3.05, 3.63) is 34.5 Å². The molecule has 0 aliphatic heterocycles. The third kappa shape index (κ3) is 1.68. The van der Waals surface area contributed by atoms with Crippen molar-refractivity contribution in [3.8, 4) is 0 Å². The van der Waals surface area contributed by atoms with Crippen LogP contribution in [-0.2, 0) is 6.42 Å². The number of nitrogens with two attached hydrogens (primary N) is 1. The molecule has 0 atom stereocenters. The monoisotopic (exact) mass is 167 g/mol. The predicted octanol–water partition coefficient (Wildman–Crippen LogP) is 1.58. The minimum Gasteiger partial charge on any atom is -0.365 e. The maximum Gasteiger partial charge on any atom is 0.259 e. The van der Waals surface area contributed by atoms with Crippen LogP contribution in [0.5, 0.6) is 0 Å². The van der Waals surface area contributed by atoms with Crippen LogP contribution >= 0.6 is 11.3 Å². The fourth-order valence-corrected chi connectivity index (χ4v) is 1.66. The summed E-state index contributed by atoms with van der Waals surface area (Å²) in [6, 6.07) is 1.90. The molecule has 0 aliphatic carbocycles. The molecular weight excluding hydrogens is 158 g/mol. The van der Waals surface area contributed by atoms with Gasteiger partial charge in [-0.25, -0.2) is 0 Å². The van der Waals surface area contributed by atoms with Gasteiger partial charge in [0, 0.05) is 0 Å². The molecule has 2 N–H and O–H groups in total. The zero-order valence-corrected chi connectivity index (χ0v) is 6.86. The standard InChI is InChI=1S/C8H9NOS/c1-2-3-6-4-5-11-7(6)8(9)10/h2,4-5H,1,3H2,(H2,9,10). The Hall–Kier alpha value is -1.09. The second-order valence-electron chi connectivity index (χ2n) is 2.13. The highest BCUT2D eigenvalue weighted by Gasteiger charge is 2.06. The van der Waals surface area contributed by atoms with Crippen LogP contribution in [0, 0.1) is 0 Å². The minimum atomic E-state index is -0.350. The second-order valence-corrected chi connectivity index (χ2v) is 3.05. The molecule has 0 saturated carbocycles. The molecule has 1 aromatic rings. The maximum absolute atomic E-state index is 10.8. The van der Waals surface area contributed by atoms with E-state index >= 15 is 0 Å². The average Bonchev–Trinajstić information content (AvgIpc) is 2.36. The molecule has 0 aliphatic rings. The minimum absolute atomic E-state index is 0.350. The highest BCUT2D eigenvalue weighted by Crippen LogP contribution is 2.16. The van der Waals surface area contributed by atoms with Gasteiger partial charge < -0.3 is 5.73 Å². The van der Waals surface area contributed by atoms with E-state index in [1.165, 1.54) is 11.3 Å². The predicted molar refractivity (Wildman–Crippen MR) is 46.7 cm³/mol. The van der Waals surface area contributed by atoms with Crippen LogP contribution in [0.25, 0.3) is 0 Å². The van der Waals surface area contributed by atoms with Crippen LogP contribution < -0.4 is 5.73 Å². The van der Waals surface area contributed by atoms with Gasteiger partial charge in [0.15, 0.2) is 0 Å². The number of carbonyl (C=O) groups excluding carboxylic acids is 1. The third-order valence-electron chi connectivity index (χ3n) is 1.33. The fraction of sp³-hybridized carbons (Fsp3) is 0.125. The fourth-order valence-electron chi connectivity index (χ4n) is 0.868. The van der Waals surface area contributed by atoms with Crippen molar-refractivity contribution in [2.45, 2.75) is 6.42 Å². The van der Waals surface area contributed by atoms with Crippen molar-refractivity contribution >= 4 is 17.2 Å². The average molecular weight is 167 g/mol. The SMILES string of the molecule is C=CCc1ccsc1C(N)=O. The third-order valence-corrected chi connectivity index (χ3v) is 2.31.